The maximum absolute atomic E-state index is 14.1. The minimum Gasteiger partial charge on any atom is -0.493 e. The zero-order chi connectivity index (χ0) is 22.5. The van der Waals surface area contributed by atoms with Gasteiger partial charge in [-0.25, -0.2) is 9.18 Å². The van der Waals surface area contributed by atoms with E-state index >= 15 is 0 Å². The van der Waals surface area contributed by atoms with Crippen LogP contribution in [-0.2, 0) is 14.3 Å². The molecule has 2 rings (SSSR count). The molecule has 5 nitrogen and oxygen atoms in total. The molecule has 31 heavy (non-hydrogen) atoms. The topological polar surface area (TPSA) is 61.8 Å². The number of esters is 2. The molecule has 6 heteroatoms. The van der Waals surface area contributed by atoms with Gasteiger partial charge in [0.1, 0.15) is 11.6 Å². The first-order valence-corrected chi connectivity index (χ1v) is 11.8. The molecule has 0 saturated heterocycles. The van der Waals surface area contributed by atoms with Gasteiger partial charge in [-0.2, -0.15) is 0 Å². The van der Waals surface area contributed by atoms with Gasteiger partial charge >= 0.3 is 11.9 Å². The Morgan fingerprint density at radius 2 is 1.61 bits per heavy atom. The highest BCUT2D eigenvalue weighted by Crippen LogP contribution is 2.29. The molecule has 0 atom stereocenters. The van der Waals surface area contributed by atoms with E-state index in [9.17, 15) is 14.0 Å². The Bertz CT molecular complexity index is 682. The zero-order valence-corrected chi connectivity index (χ0v) is 19.0. The average molecular weight is 437 g/mol. The minimum atomic E-state index is -0.642. The second-order valence-electron chi connectivity index (χ2n) is 8.52. The predicted molar refractivity (Wildman–Crippen MR) is 118 cm³/mol. The van der Waals surface area contributed by atoms with Gasteiger partial charge < -0.3 is 14.2 Å². The van der Waals surface area contributed by atoms with E-state index in [1.54, 1.807) is 6.07 Å². The fraction of sp³-hybridized carbons (Fsp3) is 0.680. The standard InChI is InChI=1S/C25H37FO5/c1-3-4-15-31-25(28)22-14-13-21(18-23(22)26)29-16-7-5-6-8-17-30-24(27)20-11-9-19(2)10-12-20/h13-14,18-20H,3-12,15-17H2,1-2H3. The Morgan fingerprint density at radius 1 is 0.935 bits per heavy atom. The molecule has 1 saturated carbocycles. The lowest BCUT2D eigenvalue weighted by Gasteiger charge is -2.24. The second kappa shape index (κ2) is 14.0. The number of hydrogen-bond donors (Lipinski definition) is 0. The summed E-state index contributed by atoms with van der Waals surface area (Å²) in [4.78, 5) is 23.9. The molecule has 1 aliphatic carbocycles. The normalized spacial score (nSPS) is 18.4. The number of rotatable bonds is 13. The van der Waals surface area contributed by atoms with Crippen LogP contribution in [0.25, 0.3) is 0 Å². The van der Waals surface area contributed by atoms with Crippen molar-refractivity contribution in [3.05, 3.63) is 29.6 Å². The number of unbranched alkanes of at least 4 members (excludes halogenated alkanes) is 4. The lowest BCUT2D eigenvalue weighted by atomic mass is 9.83. The maximum Gasteiger partial charge on any atom is 0.341 e. The fourth-order valence-electron chi connectivity index (χ4n) is 3.67. The third-order valence-electron chi connectivity index (χ3n) is 5.79. The number of carbonyl (C=O) groups is 2. The highest BCUT2D eigenvalue weighted by Gasteiger charge is 2.25. The van der Waals surface area contributed by atoms with E-state index in [1.165, 1.54) is 12.1 Å². The lowest BCUT2D eigenvalue weighted by molar-refractivity contribution is -0.150. The number of halogens is 1. The number of hydrogen-bond acceptors (Lipinski definition) is 5. The van der Waals surface area contributed by atoms with E-state index in [0.717, 1.165) is 70.1 Å². The first-order chi connectivity index (χ1) is 15.0. The first-order valence-electron chi connectivity index (χ1n) is 11.8. The molecule has 1 aliphatic rings. The van der Waals surface area contributed by atoms with Crippen molar-refractivity contribution in [2.75, 3.05) is 19.8 Å². The lowest BCUT2D eigenvalue weighted by Crippen LogP contribution is -2.23. The van der Waals surface area contributed by atoms with E-state index in [1.807, 2.05) is 6.92 Å². The Morgan fingerprint density at radius 3 is 2.29 bits per heavy atom. The molecule has 1 aromatic rings. The molecule has 0 N–H and O–H groups in total. The molecule has 0 bridgehead atoms. The highest BCUT2D eigenvalue weighted by molar-refractivity contribution is 5.89. The molecule has 0 amide bonds. The molecular weight excluding hydrogens is 399 g/mol. The number of benzene rings is 1. The molecule has 0 aliphatic heterocycles. The fourth-order valence-corrected chi connectivity index (χ4v) is 3.67. The van der Waals surface area contributed by atoms with Gasteiger partial charge in [-0.3, -0.25) is 4.79 Å². The molecular formula is C25H37FO5. The van der Waals surface area contributed by atoms with E-state index in [0.29, 0.717) is 25.6 Å². The van der Waals surface area contributed by atoms with Crippen molar-refractivity contribution in [1.82, 2.24) is 0 Å². The third-order valence-corrected chi connectivity index (χ3v) is 5.79. The summed E-state index contributed by atoms with van der Waals surface area (Å²) in [7, 11) is 0. The maximum atomic E-state index is 14.1. The van der Waals surface area contributed by atoms with Crippen LogP contribution in [0.5, 0.6) is 5.75 Å². The van der Waals surface area contributed by atoms with Crippen LogP contribution in [0.15, 0.2) is 18.2 Å². The molecule has 0 radical (unpaired) electrons. The van der Waals surface area contributed by atoms with Crippen LogP contribution >= 0.6 is 0 Å². The Labute approximate surface area is 185 Å². The SMILES string of the molecule is CCCCOC(=O)c1ccc(OCCCCCCOC(=O)C2CCC(C)CC2)cc1F. The van der Waals surface area contributed by atoms with Crippen LogP contribution in [0, 0.1) is 17.7 Å². The van der Waals surface area contributed by atoms with Gasteiger partial charge in [0.15, 0.2) is 0 Å². The average Bonchev–Trinajstić information content (AvgIpc) is 2.76. The summed E-state index contributed by atoms with van der Waals surface area (Å²) in [6.45, 7) is 5.48. The van der Waals surface area contributed by atoms with Crippen molar-refractivity contribution in [3.63, 3.8) is 0 Å². The van der Waals surface area contributed by atoms with Crippen molar-refractivity contribution < 1.29 is 28.2 Å². The molecule has 0 spiro atoms. The Kier molecular flexibility index (Phi) is 11.4. The quantitative estimate of drug-likeness (QED) is 0.276. The Hall–Kier alpha value is -2.11. The van der Waals surface area contributed by atoms with Crippen molar-refractivity contribution in [2.24, 2.45) is 11.8 Å². The predicted octanol–water partition coefficient (Wildman–Crippen LogP) is 6.09. The van der Waals surface area contributed by atoms with Gasteiger partial charge in [0, 0.05) is 6.07 Å². The van der Waals surface area contributed by atoms with Crippen LogP contribution in [-0.4, -0.2) is 31.8 Å². The number of ether oxygens (including phenoxy) is 3. The van der Waals surface area contributed by atoms with Crippen LogP contribution in [0.4, 0.5) is 4.39 Å². The van der Waals surface area contributed by atoms with E-state index in [4.69, 9.17) is 14.2 Å². The second-order valence-corrected chi connectivity index (χ2v) is 8.52. The smallest absolute Gasteiger partial charge is 0.341 e. The molecule has 0 aromatic heterocycles. The molecule has 1 fully saturated rings. The van der Waals surface area contributed by atoms with E-state index in [-0.39, 0.29) is 17.5 Å². The van der Waals surface area contributed by atoms with Crippen molar-refractivity contribution in [1.29, 1.82) is 0 Å². The highest BCUT2D eigenvalue weighted by atomic mass is 19.1. The van der Waals surface area contributed by atoms with Crippen LogP contribution in [0.3, 0.4) is 0 Å². The van der Waals surface area contributed by atoms with Gasteiger partial charge in [0.05, 0.1) is 31.3 Å². The monoisotopic (exact) mass is 436 g/mol. The summed E-state index contributed by atoms with van der Waals surface area (Å²) < 4.78 is 30.2. The largest absolute Gasteiger partial charge is 0.493 e. The van der Waals surface area contributed by atoms with Crippen LogP contribution in [0.2, 0.25) is 0 Å². The summed E-state index contributed by atoms with van der Waals surface area (Å²) in [6.07, 6.45) is 9.40. The molecule has 1 aromatic carbocycles. The molecule has 174 valence electrons. The zero-order valence-electron chi connectivity index (χ0n) is 19.0. The van der Waals surface area contributed by atoms with Gasteiger partial charge in [0.2, 0.25) is 0 Å². The van der Waals surface area contributed by atoms with Crippen molar-refractivity contribution >= 4 is 11.9 Å². The van der Waals surface area contributed by atoms with Gasteiger partial charge in [0.25, 0.3) is 0 Å². The summed E-state index contributed by atoms with van der Waals surface area (Å²) in [6, 6.07) is 4.22. The molecule has 0 unspecified atom stereocenters. The summed E-state index contributed by atoms with van der Waals surface area (Å²) in [5.41, 5.74) is -0.0688. The van der Waals surface area contributed by atoms with Gasteiger partial charge in [-0.05, 0) is 75.8 Å². The van der Waals surface area contributed by atoms with E-state index in [2.05, 4.69) is 6.92 Å². The van der Waals surface area contributed by atoms with Crippen molar-refractivity contribution in [3.8, 4) is 5.75 Å². The first kappa shape index (κ1) is 25.2. The van der Waals surface area contributed by atoms with Gasteiger partial charge in [-0.15, -0.1) is 0 Å². The summed E-state index contributed by atoms with van der Waals surface area (Å²) in [5.74, 6) is -0.0832. The number of carbonyl (C=O) groups excluding carboxylic acids is 2. The van der Waals surface area contributed by atoms with Crippen LogP contribution < -0.4 is 4.74 Å². The Balaban J connectivity index is 1.54. The van der Waals surface area contributed by atoms with Crippen LogP contribution in [0.1, 0.15) is 88.4 Å². The van der Waals surface area contributed by atoms with E-state index < -0.39 is 11.8 Å². The third kappa shape index (κ3) is 9.28. The van der Waals surface area contributed by atoms with Crippen molar-refractivity contribution in [2.45, 2.75) is 78.1 Å². The minimum absolute atomic E-state index is 0.0325. The van der Waals surface area contributed by atoms with Gasteiger partial charge in [-0.1, -0.05) is 20.3 Å². The summed E-state index contributed by atoms with van der Waals surface area (Å²) in [5, 5.41) is 0. The summed E-state index contributed by atoms with van der Waals surface area (Å²) >= 11 is 0. The molecule has 0 heterocycles.